The van der Waals surface area contributed by atoms with Crippen LogP contribution in [0.2, 0.25) is 10.0 Å². The van der Waals surface area contributed by atoms with E-state index in [1.165, 1.54) is 13.3 Å². The smallest absolute Gasteiger partial charge is 0.337 e. The van der Waals surface area contributed by atoms with Crippen LogP contribution >= 0.6 is 23.2 Å². The van der Waals surface area contributed by atoms with Crippen molar-refractivity contribution in [3.05, 3.63) is 76.2 Å². The van der Waals surface area contributed by atoms with Crippen molar-refractivity contribution in [3.8, 4) is 17.4 Å². The summed E-state index contributed by atoms with van der Waals surface area (Å²) in [6.45, 7) is 0.219. The SMILES string of the molecule is COC(=O)c1cccc(OCc2nc3ccc(Oc4ncc(Cl)cc4Cl)cc3n2C)c1. The van der Waals surface area contributed by atoms with Crippen LogP contribution in [0.5, 0.6) is 17.4 Å². The number of carbonyl (C=O) groups is 1. The highest BCUT2D eigenvalue weighted by molar-refractivity contribution is 6.35. The predicted molar refractivity (Wildman–Crippen MR) is 117 cm³/mol. The Balaban J connectivity index is 1.53. The molecular weight excluding hydrogens is 441 g/mol. The number of aromatic nitrogens is 3. The minimum Gasteiger partial charge on any atom is -0.486 e. The number of carbonyl (C=O) groups excluding carboxylic acids is 1. The van der Waals surface area contributed by atoms with Gasteiger partial charge in [-0.3, -0.25) is 0 Å². The highest BCUT2D eigenvalue weighted by Gasteiger charge is 2.12. The van der Waals surface area contributed by atoms with Gasteiger partial charge in [0, 0.05) is 19.3 Å². The average Bonchev–Trinajstić information content (AvgIpc) is 3.09. The van der Waals surface area contributed by atoms with Crippen molar-refractivity contribution in [2.45, 2.75) is 6.61 Å². The summed E-state index contributed by atoms with van der Waals surface area (Å²) in [6, 6.07) is 13.8. The fourth-order valence-corrected chi connectivity index (χ4v) is 3.40. The van der Waals surface area contributed by atoms with Gasteiger partial charge in [-0.05, 0) is 36.4 Å². The normalized spacial score (nSPS) is 10.8. The summed E-state index contributed by atoms with van der Waals surface area (Å²) < 4.78 is 18.3. The second-order valence-corrected chi connectivity index (χ2v) is 7.43. The molecule has 0 N–H and O–H groups in total. The van der Waals surface area contributed by atoms with E-state index in [4.69, 9.17) is 37.4 Å². The summed E-state index contributed by atoms with van der Waals surface area (Å²) in [7, 11) is 3.22. The van der Waals surface area contributed by atoms with Crippen molar-refractivity contribution in [3.63, 3.8) is 0 Å². The maximum absolute atomic E-state index is 11.7. The molecule has 0 saturated carbocycles. The molecule has 4 rings (SSSR count). The number of fused-ring (bicyclic) bond motifs is 1. The molecular formula is C22H17Cl2N3O4. The molecule has 0 aliphatic heterocycles. The van der Waals surface area contributed by atoms with E-state index < -0.39 is 5.97 Å². The Morgan fingerprint density at radius 3 is 2.71 bits per heavy atom. The molecule has 7 nitrogen and oxygen atoms in total. The maximum Gasteiger partial charge on any atom is 0.337 e. The monoisotopic (exact) mass is 457 g/mol. The van der Waals surface area contributed by atoms with Crippen LogP contribution in [-0.4, -0.2) is 27.6 Å². The van der Waals surface area contributed by atoms with E-state index >= 15 is 0 Å². The summed E-state index contributed by atoms with van der Waals surface area (Å²) >= 11 is 12.0. The van der Waals surface area contributed by atoms with Crippen molar-refractivity contribution in [1.82, 2.24) is 14.5 Å². The van der Waals surface area contributed by atoms with Gasteiger partial charge in [-0.25, -0.2) is 14.8 Å². The lowest BCUT2D eigenvalue weighted by molar-refractivity contribution is 0.0600. The summed E-state index contributed by atoms with van der Waals surface area (Å²) in [5.74, 6) is 1.66. The number of rotatable bonds is 6. The van der Waals surface area contributed by atoms with Gasteiger partial charge in [0.1, 0.15) is 29.0 Å². The van der Waals surface area contributed by atoms with Crippen LogP contribution in [0.15, 0.2) is 54.7 Å². The first-order valence-electron chi connectivity index (χ1n) is 9.20. The van der Waals surface area contributed by atoms with Gasteiger partial charge in [-0.2, -0.15) is 0 Å². The molecule has 0 aliphatic rings. The van der Waals surface area contributed by atoms with E-state index in [2.05, 4.69) is 9.97 Å². The maximum atomic E-state index is 11.7. The summed E-state index contributed by atoms with van der Waals surface area (Å²) in [4.78, 5) is 20.4. The Bertz CT molecular complexity index is 1270. The molecule has 0 unspecified atom stereocenters. The van der Waals surface area contributed by atoms with Gasteiger partial charge in [0.15, 0.2) is 0 Å². The molecule has 9 heteroatoms. The third-order valence-electron chi connectivity index (χ3n) is 4.56. The summed E-state index contributed by atoms with van der Waals surface area (Å²) in [5, 5.41) is 0.752. The number of benzene rings is 2. The van der Waals surface area contributed by atoms with Crippen LogP contribution in [0.4, 0.5) is 0 Å². The highest BCUT2D eigenvalue weighted by Crippen LogP contribution is 2.31. The van der Waals surface area contributed by atoms with E-state index in [1.54, 1.807) is 36.4 Å². The van der Waals surface area contributed by atoms with Crippen molar-refractivity contribution < 1.29 is 19.0 Å². The second kappa shape index (κ2) is 8.83. The van der Waals surface area contributed by atoms with Crippen LogP contribution < -0.4 is 9.47 Å². The average molecular weight is 458 g/mol. The summed E-state index contributed by atoms with van der Waals surface area (Å²) in [6.07, 6.45) is 1.47. The van der Waals surface area contributed by atoms with Gasteiger partial charge in [0.05, 0.1) is 28.7 Å². The number of hydrogen-bond acceptors (Lipinski definition) is 6. The molecule has 2 heterocycles. The number of halogens is 2. The number of pyridine rings is 1. The van der Waals surface area contributed by atoms with E-state index in [1.807, 2.05) is 23.7 Å². The molecule has 0 fully saturated rings. The molecule has 0 amide bonds. The number of esters is 1. The number of imidazole rings is 1. The summed E-state index contributed by atoms with van der Waals surface area (Å²) in [5.41, 5.74) is 2.05. The van der Waals surface area contributed by atoms with E-state index in [9.17, 15) is 4.79 Å². The van der Waals surface area contributed by atoms with Crippen molar-refractivity contribution in [1.29, 1.82) is 0 Å². The zero-order valence-electron chi connectivity index (χ0n) is 16.6. The molecule has 158 valence electrons. The van der Waals surface area contributed by atoms with Gasteiger partial charge in [0.25, 0.3) is 0 Å². The molecule has 4 aromatic rings. The zero-order valence-corrected chi connectivity index (χ0v) is 18.1. The van der Waals surface area contributed by atoms with Crippen molar-refractivity contribution >= 4 is 40.2 Å². The third kappa shape index (κ3) is 4.57. The fourth-order valence-electron chi connectivity index (χ4n) is 2.98. The Morgan fingerprint density at radius 1 is 1.10 bits per heavy atom. The second-order valence-electron chi connectivity index (χ2n) is 6.59. The number of ether oxygens (including phenoxy) is 3. The topological polar surface area (TPSA) is 75.5 Å². The quantitative estimate of drug-likeness (QED) is 0.359. The van der Waals surface area contributed by atoms with E-state index in [0.717, 1.165) is 11.0 Å². The van der Waals surface area contributed by atoms with Crippen LogP contribution in [0.3, 0.4) is 0 Å². The van der Waals surface area contributed by atoms with Gasteiger partial charge in [0.2, 0.25) is 5.88 Å². The first-order chi connectivity index (χ1) is 14.9. The van der Waals surface area contributed by atoms with Crippen LogP contribution in [0.25, 0.3) is 11.0 Å². The van der Waals surface area contributed by atoms with E-state index in [0.29, 0.717) is 32.9 Å². The van der Waals surface area contributed by atoms with Crippen LogP contribution in [0, 0.1) is 0 Å². The lowest BCUT2D eigenvalue weighted by atomic mass is 10.2. The number of hydrogen-bond donors (Lipinski definition) is 0. The Labute approximate surface area is 188 Å². The molecule has 2 aromatic carbocycles. The number of aryl methyl sites for hydroxylation is 1. The van der Waals surface area contributed by atoms with Gasteiger partial charge < -0.3 is 18.8 Å². The molecule has 0 bridgehead atoms. The lowest BCUT2D eigenvalue weighted by Gasteiger charge is -2.08. The molecule has 0 saturated heterocycles. The Hall–Kier alpha value is -3.29. The van der Waals surface area contributed by atoms with Gasteiger partial charge >= 0.3 is 5.97 Å². The van der Waals surface area contributed by atoms with Crippen LogP contribution in [-0.2, 0) is 18.4 Å². The molecule has 31 heavy (non-hydrogen) atoms. The Morgan fingerprint density at radius 2 is 1.94 bits per heavy atom. The molecule has 0 aliphatic carbocycles. The first kappa shape index (κ1) is 21.0. The standard InChI is InChI=1S/C22H17Cl2N3O4/c1-27-19-10-16(31-21-17(24)9-14(23)11-25-21)6-7-18(19)26-20(27)12-30-15-5-3-4-13(8-15)22(28)29-2/h3-11H,12H2,1-2H3. The first-order valence-corrected chi connectivity index (χ1v) is 9.95. The third-order valence-corrected chi connectivity index (χ3v) is 5.03. The van der Waals surface area contributed by atoms with Crippen LogP contribution in [0.1, 0.15) is 16.2 Å². The molecule has 0 spiro atoms. The van der Waals surface area contributed by atoms with Crippen molar-refractivity contribution in [2.75, 3.05) is 7.11 Å². The van der Waals surface area contributed by atoms with E-state index in [-0.39, 0.29) is 12.5 Å². The number of methoxy groups -OCH3 is 1. The number of nitrogens with zero attached hydrogens (tertiary/aromatic N) is 3. The molecule has 0 radical (unpaired) electrons. The van der Waals surface area contributed by atoms with Gasteiger partial charge in [-0.1, -0.05) is 29.3 Å². The predicted octanol–water partition coefficient (Wildman–Crippen LogP) is 5.43. The minimum absolute atomic E-state index is 0.219. The van der Waals surface area contributed by atoms with Crippen molar-refractivity contribution in [2.24, 2.45) is 7.05 Å². The highest BCUT2D eigenvalue weighted by atomic mass is 35.5. The largest absolute Gasteiger partial charge is 0.486 e. The molecule has 2 aromatic heterocycles. The van der Waals surface area contributed by atoms with Gasteiger partial charge in [-0.15, -0.1) is 0 Å². The fraction of sp³-hybridized carbons (Fsp3) is 0.136. The molecule has 0 atom stereocenters. The lowest BCUT2D eigenvalue weighted by Crippen LogP contribution is -2.05. The Kier molecular flexibility index (Phi) is 5.97. The minimum atomic E-state index is -0.420. The zero-order chi connectivity index (χ0) is 22.0.